The van der Waals surface area contributed by atoms with Crippen LogP contribution >= 0.6 is 11.3 Å². The van der Waals surface area contributed by atoms with Gasteiger partial charge in [0.1, 0.15) is 34.8 Å². The van der Waals surface area contributed by atoms with Gasteiger partial charge >= 0.3 is 12.3 Å². The SMILES string of the molecule is Cc1c(-c2ncco2)sc2c1c(=O)n([C@@H](C)C(=O)NS(=O)(=O)C1(C)CC1)c(=O)n2C[C@H](OC1C[C@H]2CC[C@@H](C1)O2)c1cc(F)ccc1OC(F)F.[HH]. The summed E-state index contributed by atoms with van der Waals surface area (Å²) in [6, 6.07) is 1.38. The molecule has 1 unspecified atom stereocenters. The number of thiophene rings is 1. The Morgan fingerprint density at radius 1 is 1.22 bits per heavy atom. The van der Waals surface area contributed by atoms with E-state index in [1.807, 2.05) is 4.72 Å². The maximum absolute atomic E-state index is 14.8. The number of alkyl halides is 2. The number of nitrogens with zero attached hydrogens (tertiary/aromatic N) is 3. The predicted molar refractivity (Wildman–Crippen MR) is 180 cm³/mol. The number of aryl methyl sites for hydroxylation is 1. The monoisotopic (exact) mass is 754 g/mol. The Morgan fingerprint density at radius 3 is 2.55 bits per heavy atom. The third kappa shape index (κ3) is 6.62. The summed E-state index contributed by atoms with van der Waals surface area (Å²) < 4.78 is 93.4. The summed E-state index contributed by atoms with van der Waals surface area (Å²) >= 11 is 0.995. The summed E-state index contributed by atoms with van der Waals surface area (Å²) in [5, 5.41) is 0.00983. The summed E-state index contributed by atoms with van der Waals surface area (Å²) in [6.07, 6.45) is 4.04. The third-order valence-electron chi connectivity index (χ3n) is 9.96. The second-order valence-corrected chi connectivity index (χ2v) is 16.7. The maximum atomic E-state index is 14.8. The van der Waals surface area contributed by atoms with Gasteiger partial charge in [-0.2, -0.15) is 8.78 Å². The van der Waals surface area contributed by atoms with Crippen LogP contribution in [0, 0.1) is 12.7 Å². The minimum Gasteiger partial charge on any atom is -0.444 e. The van der Waals surface area contributed by atoms with Crippen molar-refractivity contribution in [3.63, 3.8) is 0 Å². The summed E-state index contributed by atoms with van der Waals surface area (Å²) in [7, 11) is -4.13. The van der Waals surface area contributed by atoms with Crippen molar-refractivity contribution in [2.45, 2.75) is 108 Å². The number of hydrogen-bond donors (Lipinski definition) is 1. The first-order valence-electron chi connectivity index (χ1n) is 16.5. The van der Waals surface area contributed by atoms with Crippen molar-refractivity contribution in [3.8, 4) is 16.5 Å². The zero-order valence-corrected chi connectivity index (χ0v) is 29.4. The van der Waals surface area contributed by atoms with Gasteiger partial charge in [0.25, 0.3) is 11.5 Å². The van der Waals surface area contributed by atoms with Crippen molar-refractivity contribution < 1.29 is 46.4 Å². The normalized spacial score (nSPS) is 22.3. The van der Waals surface area contributed by atoms with Crippen LogP contribution in [0.25, 0.3) is 21.0 Å². The standard InChI is InChI=1S/C33H35F3N4O9S2.H2/c1-16-25-29(42)40(17(2)27(41)38-51(44,45)33(3)8-9-33)32(43)39(30(25)50-26(16)28-37-10-11-46-28)15-24(48-21-13-19-5-6-20(14-21)47-19)22-12-18(34)4-7-23(22)49-31(35)36;/h4,7,10-12,17,19-21,24,31H,5-6,8-9,13-15H2,1-3H3,(H,38,41);1H/t17-,19-,20+,21?,24-;/m0./s1. The minimum absolute atomic E-state index is 0. The minimum atomic E-state index is -4.13. The first-order chi connectivity index (χ1) is 24.2. The van der Waals surface area contributed by atoms with E-state index in [0.717, 1.165) is 46.9 Å². The van der Waals surface area contributed by atoms with Crippen molar-refractivity contribution in [1.29, 1.82) is 0 Å². The van der Waals surface area contributed by atoms with Crippen LogP contribution in [-0.4, -0.2) is 58.1 Å². The molecule has 2 aliphatic heterocycles. The Hall–Kier alpha value is -4.00. The molecule has 0 radical (unpaired) electrons. The molecule has 1 aliphatic carbocycles. The molecule has 1 saturated carbocycles. The first kappa shape index (κ1) is 35.4. The van der Waals surface area contributed by atoms with E-state index < -0.39 is 69.1 Å². The van der Waals surface area contributed by atoms with Crippen LogP contribution in [0.4, 0.5) is 13.2 Å². The smallest absolute Gasteiger partial charge is 0.387 e. The van der Waals surface area contributed by atoms with Crippen molar-refractivity contribution in [2.75, 3.05) is 0 Å². The molecule has 4 aromatic rings. The van der Waals surface area contributed by atoms with Crippen LogP contribution in [0.3, 0.4) is 0 Å². The molecule has 1 N–H and O–H groups in total. The molecule has 5 atom stereocenters. The lowest BCUT2D eigenvalue weighted by atomic mass is 10.0. The highest BCUT2D eigenvalue weighted by Gasteiger charge is 2.51. The number of carbonyl (C=O) groups excluding carboxylic acids is 1. The van der Waals surface area contributed by atoms with Crippen molar-refractivity contribution in [1.82, 2.24) is 18.8 Å². The Morgan fingerprint density at radius 2 is 1.92 bits per heavy atom. The van der Waals surface area contributed by atoms with E-state index in [0.29, 0.717) is 40.7 Å². The van der Waals surface area contributed by atoms with Crippen LogP contribution in [-0.2, 0) is 30.8 Å². The second-order valence-electron chi connectivity index (χ2n) is 13.5. The molecule has 13 nitrogen and oxygen atoms in total. The van der Waals surface area contributed by atoms with Crippen LogP contribution in [0.2, 0.25) is 0 Å². The Balaban J connectivity index is 0.00000464. The fraction of sp³-hybridized carbons (Fsp3) is 0.515. The average Bonchev–Trinajstić information content (AvgIpc) is 3.36. The van der Waals surface area contributed by atoms with E-state index in [-0.39, 0.29) is 41.1 Å². The van der Waals surface area contributed by atoms with Gasteiger partial charge in [0.15, 0.2) is 0 Å². The van der Waals surface area contributed by atoms with Crippen molar-refractivity contribution >= 4 is 37.5 Å². The topological polar surface area (TPSA) is 161 Å². The predicted octanol–water partition coefficient (Wildman–Crippen LogP) is 5.20. The van der Waals surface area contributed by atoms with Crippen molar-refractivity contribution in [3.05, 3.63) is 68.4 Å². The lowest BCUT2D eigenvalue weighted by Crippen LogP contribution is -2.48. The molecule has 2 bridgehead atoms. The van der Waals surface area contributed by atoms with Gasteiger partial charge < -0.3 is 18.6 Å². The summed E-state index contributed by atoms with van der Waals surface area (Å²) in [5.41, 5.74) is -1.63. The molecular weight excluding hydrogens is 718 g/mol. The van der Waals surface area contributed by atoms with E-state index in [1.54, 1.807) is 6.92 Å². The average molecular weight is 755 g/mol. The number of halogens is 3. The van der Waals surface area contributed by atoms with Gasteiger partial charge in [-0.25, -0.2) is 27.2 Å². The number of nitrogens with one attached hydrogen (secondary N) is 1. The number of aromatic nitrogens is 3. The zero-order valence-electron chi connectivity index (χ0n) is 27.8. The number of rotatable bonds is 12. The largest absolute Gasteiger partial charge is 0.444 e. The fourth-order valence-corrected chi connectivity index (χ4v) is 9.38. The van der Waals surface area contributed by atoms with Crippen LogP contribution in [0.1, 0.15) is 77.1 Å². The van der Waals surface area contributed by atoms with Crippen LogP contribution in [0.5, 0.6) is 5.75 Å². The molecule has 2 saturated heterocycles. The van der Waals surface area contributed by atoms with Gasteiger partial charge in [0, 0.05) is 6.99 Å². The van der Waals surface area contributed by atoms with Gasteiger partial charge in [-0.15, -0.1) is 11.3 Å². The number of oxazole rings is 1. The Kier molecular flexibility index (Phi) is 9.16. The number of benzene rings is 1. The number of carbonyl (C=O) groups is 1. The van der Waals surface area contributed by atoms with Crippen LogP contribution < -0.4 is 20.7 Å². The molecule has 51 heavy (non-hydrogen) atoms. The summed E-state index contributed by atoms with van der Waals surface area (Å²) in [6.45, 7) is 0.612. The number of ether oxygens (including phenoxy) is 3. The van der Waals surface area contributed by atoms with E-state index in [4.69, 9.17) is 18.6 Å². The van der Waals surface area contributed by atoms with E-state index in [2.05, 4.69) is 4.98 Å². The number of amides is 1. The van der Waals surface area contributed by atoms with Gasteiger partial charge in [0.05, 0.1) is 46.1 Å². The summed E-state index contributed by atoms with van der Waals surface area (Å²) in [5.74, 6) is -2.10. The molecule has 3 aromatic heterocycles. The van der Waals surface area contributed by atoms with Gasteiger partial charge in [-0.3, -0.25) is 18.9 Å². The fourth-order valence-electron chi connectivity index (χ4n) is 6.82. The van der Waals surface area contributed by atoms with E-state index in [9.17, 15) is 36.0 Å². The van der Waals surface area contributed by atoms with Gasteiger partial charge in [0.2, 0.25) is 15.9 Å². The lowest BCUT2D eigenvalue weighted by molar-refractivity contribution is -0.122. The lowest BCUT2D eigenvalue weighted by Gasteiger charge is -2.32. The first-order valence-corrected chi connectivity index (χ1v) is 18.8. The van der Waals surface area contributed by atoms with Crippen molar-refractivity contribution in [2.24, 2.45) is 0 Å². The van der Waals surface area contributed by atoms with Gasteiger partial charge in [-0.1, -0.05) is 0 Å². The van der Waals surface area contributed by atoms with E-state index >= 15 is 0 Å². The van der Waals surface area contributed by atoms with Gasteiger partial charge in [-0.05, 0) is 83.1 Å². The molecule has 18 heteroatoms. The molecular formula is C33H37F3N4O9S2. The molecule has 0 spiro atoms. The molecule has 1 aromatic carbocycles. The number of sulfonamides is 1. The molecule has 3 aliphatic rings. The molecule has 3 fully saturated rings. The highest BCUT2D eigenvalue weighted by atomic mass is 32.2. The van der Waals surface area contributed by atoms with Crippen LogP contribution in [0.15, 0.2) is 44.7 Å². The molecule has 5 heterocycles. The molecule has 1 amide bonds. The summed E-state index contributed by atoms with van der Waals surface area (Å²) in [4.78, 5) is 46.8. The highest BCUT2D eigenvalue weighted by molar-refractivity contribution is 7.91. The third-order valence-corrected chi connectivity index (χ3v) is 13.4. The highest BCUT2D eigenvalue weighted by Crippen LogP contribution is 2.43. The number of hydrogen-bond acceptors (Lipinski definition) is 11. The van der Waals surface area contributed by atoms with E-state index in [1.165, 1.54) is 26.3 Å². The second kappa shape index (κ2) is 13.2. The molecule has 276 valence electrons. The molecule has 7 rings (SSSR count). The maximum Gasteiger partial charge on any atom is 0.387 e. The Bertz CT molecular complexity index is 2210. The number of fused-ring (bicyclic) bond motifs is 3. The Labute approximate surface area is 294 Å². The zero-order chi connectivity index (χ0) is 36.4. The quantitative estimate of drug-likeness (QED) is 0.204.